The second-order valence-corrected chi connectivity index (χ2v) is 8.44. The van der Waals surface area contributed by atoms with Crippen LogP contribution in [0.3, 0.4) is 0 Å². The lowest BCUT2D eigenvalue weighted by atomic mass is 9.94. The Morgan fingerprint density at radius 3 is 2.31 bits per heavy atom. The molecular formula is C26H24N2O7S. The van der Waals surface area contributed by atoms with E-state index >= 15 is 0 Å². The molecule has 186 valence electrons. The normalized spacial score (nSPS) is 16.6. The van der Waals surface area contributed by atoms with Gasteiger partial charge in [0.05, 0.1) is 32.9 Å². The summed E-state index contributed by atoms with van der Waals surface area (Å²) in [6, 6.07) is 8.80. The number of hydrogen-bond acceptors (Lipinski definition) is 9. The van der Waals surface area contributed by atoms with Gasteiger partial charge in [0, 0.05) is 17.1 Å². The Hall–Kier alpha value is -4.31. The number of aliphatic hydroxyl groups is 1. The van der Waals surface area contributed by atoms with Crippen molar-refractivity contribution in [3.8, 4) is 23.0 Å². The van der Waals surface area contributed by atoms with Crippen LogP contribution in [-0.4, -0.2) is 49.7 Å². The van der Waals surface area contributed by atoms with Crippen LogP contribution in [0.1, 0.15) is 17.2 Å². The van der Waals surface area contributed by atoms with Gasteiger partial charge in [0.25, 0.3) is 5.78 Å². The van der Waals surface area contributed by atoms with Crippen LogP contribution in [0.25, 0.3) is 5.76 Å². The van der Waals surface area contributed by atoms with E-state index in [0.29, 0.717) is 45.9 Å². The maximum Gasteiger partial charge on any atom is 0.301 e. The average Bonchev–Trinajstić information content (AvgIpc) is 3.52. The summed E-state index contributed by atoms with van der Waals surface area (Å²) >= 11 is 1.20. The molecule has 0 aliphatic carbocycles. The van der Waals surface area contributed by atoms with Gasteiger partial charge in [-0.15, -0.1) is 11.3 Å². The van der Waals surface area contributed by atoms with Gasteiger partial charge in [0.2, 0.25) is 5.75 Å². The third-order valence-electron chi connectivity index (χ3n) is 5.57. The van der Waals surface area contributed by atoms with Crippen molar-refractivity contribution in [1.82, 2.24) is 4.98 Å². The van der Waals surface area contributed by atoms with E-state index in [-0.39, 0.29) is 11.3 Å². The van der Waals surface area contributed by atoms with Crippen molar-refractivity contribution in [3.63, 3.8) is 0 Å². The highest BCUT2D eigenvalue weighted by Crippen LogP contribution is 2.47. The first kappa shape index (κ1) is 24.8. The van der Waals surface area contributed by atoms with Crippen LogP contribution in [0.5, 0.6) is 23.0 Å². The zero-order valence-electron chi connectivity index (χ0n) is 19.9. The van der Waals surface area contributed by atoms with Crippen molar-refractivity contribution in [1.29, 1.82) is 0 Å². The maximum atomic E-state index is 13.3. The number of hydrogen-bond donors (Lipinski definition) is 1. The SMILES string of the molecule is C=CCOc1ccc(C(O)=C2C(=O)C(=O)N(c3nccs3)C2c2cc(OC)c(OC)c(OC)c2)cc1. The predicted octanol–water partition coefficient (Wildman–Crippen LogP) is 4.36. The van der Waals surface area contributed by atoms with Gasteiger partial charge in [-0.05, 0) is 42.0 Å². The molecule has 0 bridgehead atoms. The molecule has 1 atom stereocenters. The van der Waals surface area contributed by atoms with E-state index in [2.05, 4.69) is 11.6 Å². The minimum absolute atomic E-state index is 0.0933. The Labute approximate surface area is 211 Å². The molecule has 4 rings (SSSR count). The van der Waals surface area contributed by atoms with Gasteiger partial charge in [-0.2, -0.15) is 0 Å². The molecule has 1 aliphatic heterocycles. The fraction of sp³-hybridized carbons (Fsp3) is 0.192. The number of rotatable bonds is 9. The van der Waals surface area contributed by atoms with Gasteiger partial charge < -0.3 is 24.1 Å². The van der Waals surface area contributed by atoms with Crippen LogP contribution in [0.2, 0.25) is 0 Å². The van der Waals surface area contributed by atoms with Crippen molar-refractivity contribution >= 4 is 33.9 Å². The maximum absolute atomic E-state index is 13.3. The van der Waals surface area contributed by atoms with Crippen LogP contribution in [0, 0.1) is 0 Å². The summed E-state index contributed by atoms with van der Waals surface area (Å²) in [6.45, 7) is 3.94. The van der Waals surface area contributed by atoms with Crippen LogP contribution in [0.4, 0.5) is 5.13 Å². The van der Waals surface area contributed by atoms with Gasteiger partial charge in [-0.1, -0.05) is 12.7 Å². The molecule has 1 unspecified atom stereocenters. The quantitative estimate of drug-likeness (QED) is 0.197. The number of nitrogens with zero attached hydrogens (tertiary/aromatic N) is 2. The Morgan fingerprint density at radius 1 is 1.11 bits per heavy atom. The van der Waals surface area contributed by atoms with Gasteiger partial charge >= 0.3 is 5.91 Å². The minimum Gasteiger partial charge on any atom is -0.507 e. The Morgan fingerprint density at radius 2 is 1.78 bits per heavy atom. The number of anilines is 1. The van der Waals surface area contributed by atoms with Crippen molar-refractivity contribution in [2.24, 2.45) is 0 Å². The molecule has 9 nitrogen and oxygen atoms in total. The summed E-state index contributed by atoms with van der Waals surface area (Å²) in [5, 5.41) is 13.3. The summed E-state index contributed by atoms with van der Waals surface area (Å²) in [6.07, 6.45) is 3.15. The van der Waals surface area contributed by atoms with E-state index in [9.17, 15) is 14.7 Å². The summed E-state index contributed by atoms with van der Waals surface area (Å²) in [7, 11) is 4.41. The van der Waals surface area contributed by atoms with Gasteiger partial charge in [0.15, 0.2) is 16.6 Å². The molecule has 1 aliphatic rings. The zero-order valence-corrected chi connectivity index (χ0v) is 20.7. The number of carbonyl (C=O) groups excluding carboxylic acids is 2. The Bertz CT molecular complexity index is 1290. The number of benzene rings is 2. The van der Waals surface area contributed by atoms with Crippen molar-refractivity contribution in [2.75, 3.05) is 32.8 Å². The van der Waals surface area contributed by atoms with Crippen molar-refractivity contribution in [2.45, 2.75) is 6.04 Å². The summed E-state index contributed by atoms with van der Waals surface area (Å²) in [5.74, 6) is -0.396. The molecule has 0 radical (unpaired) electrons. The lowest BCUT2D eigenvalue weighted by Crippen LogP contribution is -2.29. The van der Waals surface area contributed by atoms with E-state index in [1.165, 1.54) is 43.8 Å². The number of aromatic nitrogens is 1. The zero-order chi connectivity index (χ0) is 25.8. The highest BCUT2D eigenvalue weighted by atomic mass is 32.1. The largest absolute Gasteiger partial charge is 0.507 e. The van der Waals surface area contributed by atoms with Gasteiger partial charge in [-0.25, -0.2) is 4.98 Å². The fourth-order valence-corrected chi connectivity index (χ4v) is 4.63. The van der Waals surface area contributed by atoms with Gasteiger partial charge in [0.1, 0.15) is 18.1 Å². The summed E-state index contributed by atoms with van der Waals surface area (Å²) in [5.41, 5.74) is 0.714. The molecule has 1 saturated heterocycles. The predicted molar refractivity (Wildman–Crippen MR) is 135 cm³/mol. The van der Waals surface area contributed by atoms with E-state index in [1.807, 2.05) is 0 Å². The molecule has 1 N–H and O–H groups in total. The number of methoxy groups -OCH3 is 3. The topological polar surface area (TPSA) is 107 Å². The van der Waals surface area contributed by atoms with Crippen LogP contribution < -0.4 is 23.8 Å². The first-order valence-corrected chi connectivity index (χ1v) is 11.7. The van der Waals surface area contributed by atoms with Crippen LogP contribution in [-0.2, 0) is 9.59 Å². The molecule has 1 fully saturated rings. The average molecular weight is 509 g/mol. The molecule has 2 heterocycles. The number of Topliss-reactive ketones (excluding diaryl/α,β-unsaturated/α-hetero) is 1. The molecular weight excluding hydrogens is 484 g/mol. The number of amides is 1. The molecule has 1 aromatic heterocycles. The highest BCUT2D eigenvalue weighted by molar-refractivity contribution is 7.14. The number of ether oxygens (including phenoxy) is 4. The van der Waals surface area contributed by atoms with Gasteiger partial charge in [-0.3, -0.25) is 14.5 Å². The second-order valence-electron chi connectivity index (χ2n) is 7.57. The van der Waals surface area contributed by atoms with E-state index in [1.54, 1.807) is 47.9 Å². The molecule has 0 spiro atoms. The fourth-order valence-electron chi connectivity index (χ4n) is 3.96. The van der Waals surface area contributed by atoms with Crippen molar-refractivity contribution in [3.05, 3.63) is 77.3 Å². The van der Waals surface area contributed by atoms with E-state index in [4.69, 9.17) is 18.9 Å². The molecule has 3 aromatic rings. The molecule has 10 heteroatoms. The lowest BCUT2D eigenvalue weighted by Gasteiger charge is -2.24. The summed E-state index contributed by atoms with van der Waals surface area (Å²) in [4.78, 5) is 32.0. The smallest absolute Gasteiger partial charge is 0.301 e. The Kier molecular flexibility index (Phi) is 7.25. The van der Waals surface area contributed by atoms with Crippen molar-refractivity contribution < 1.29 is 33.6 Å². The van der Waals surface area contributed by atoms with E-state index < -0.39 is 17.7 Å². The molecule has 0 saturated carbocycles. The number of thiazole rings is 1. The number of aliphatic hydroxyl groups excluding tert-OH is 1. The van der Waals surface area contributed by atoms with Crippen LogP contribution in [0.15, 0.2) is 66.2 Å². The minimum atomic E-state index is -0.999. The molecule has 36 heavy (non-hydrogen) atoms. The third-order valence-corrected chi connectivity index (χ3v) is 6.34. The standard InChI is InChI=1S/C26H24N2O7S/c1-5-11-35-17-8-6-15(7-9-17)22(29)20-21(28(25(31)23(20)30)26-27-10-12-36-26)16-13-18(32-2)24(34-4)19(14-16)33-3/h5-10,12-14,21,29H,1,11H2,2-4H3. The molecule has 2 aromatic carbocycles. The highest BCUT2D eigenvalue weighted by Gasteiger charge is 2.48. The third kappa shape index (κ3) is 4.38. The first-order chi connectivity index (χ1) is 17.4. The Balaban J connectivity index is 1.91. The number of ketones is 1. The van der Waals surface area contributed by atoms with Crippen LogP contribution >= 0.6 is 11.3 Å². The lowest BCUT2D eigenvalue weighted by molar-refractivity contribution is -0.132. The second kappa shape index (κ2) is 10.5. The van der Waals surface area contributed by atoms with E-state index in [0.717, 1.165) is 0 Å². The summed E-state index contributed by atoms with van der Waals surface area (Å²) < 4.78 is 21.9. The number of carbonyl (C=O) groups is 2. The molecule has 1 amide bonds. The first-order valence-electron chi connectivity index (χ1n) is 10.8. The monoisotopic (exact) mass is 508 g/mol.